The van der Waals surface area contributed by atoms with Crippen LogP contribution < -0.4 is 38.0 Å². The number of fused-ring (bicyclic) bond motifs is 14. The van der Waals surface area contributed by atoms with Crippen molar-refractivity contribution >= 4 is 374 Å². The molecular formula is C106H58Br14O7. The molecule has 21 heteroatoms. The summed E-state index contributed by atoms with van der Waals surface area (Å²) in [5.74, 6) is 0. The first-order valence-corrected chi connectivity index (χ1v) is 49.9. The fraction of sp³-hybridized carbons (Fsp3) is 0.00943. The van der Waals surface area contributed by atoms with Gasteiger partial charge >= 0.3 is 0 Å². The van der Waals surface area contributed by atoms with Crippen LogP contribution in [0.15, 0.2) is 430 Å². The third-order valence-corrected chi connectivity index (χ3v) is 32.7. The van der Waals surface area contributed by atoms with E-state index in [9.17, 15) is 33.6 Å². The molecule has 0 aliphatic carbocycles. The van der Waals surface area contributed by atoms with Crippen LogP contribution in [0.25, 0.3) is 151 Å². The zero-order valence-corrected chi connectivity index (χ0v) is 88.1. The SMILES string of the molecule is Cc1ccc2ccc3c(Br)cccc3c(=O)c2c1.O=c1c2cccc(Br)c2ccc2c(Br)cccc12.O=c1c2ccccc2ccc2c(Br)c(Br)c(Br)cc12.O=c1c2ccccc2ccc2c(Br)cc(Br)cc12.O=c1c2ccccc2ccc2cc(Br)c(Br)cc12.O=c1c2ccccc2ccc2cc(Br)cc(Br)c12.O=c1c2ccccc2ccc2ccc(Br)c(Br)c12. The van der Waals surface area contributed by atoms with Crippen molar-refractivity contribution in [3.63, 3.8) is 0 Å². The highest BCUT2D eigenvalue weighted by Gasteiger charge is 2.16. The van der Waals surface area contributed by atoms with Gasteiger partial charge in [-0.15, -0.1) is 0 Å². The summed E-state index contributed by atoms with van der Waals surface area (Å²) in [4.78, 5) is 88.0. The molecule has 0 aromatic heterocycles. The second-order valence-corrected chi connectivity index (χ2v) is 41.0. The van der Waals surface area contributed by atoms with Gasteiger partial charge in [0.15, 0.2) is 38.0 Å². The Morgan fingerprint density at radius 2 is 0.465 bits per heavy atom. The third kappa shape index (κ3) is 20.4. The summed E-state index contributed by atoms with van der Waals surface area (Å²) in [6, 6.07) is 106. The molecule has 0 amide bonds. The molecule has 0 spiro atoms. The van der Waals surface area contributed by atoms with Gasteiger partial charge in [0.2, 0.25) is 0 Å². The van der Waals surface area contributed by atoms with Crippen LogP contribution in [0.5, 0.6) is 0 Å². The van der Waals surface area contributed by atoms with Crippen molar-refractivity contribution in [3.8, 4) is 0 Å². The summed E-state index contributed by atoms with van der Waals surface area (Å²) >= 11 is 48.7. The van der Waals surface area contributed by atoms with E-state index < -0.39 is 0 Å². The minimum Gasteiger partial charge on any atom is -0.289 e. The maximum absolute atomic E-state index is 12.6. The lowest BCUT2D eigenvalue weighted by Gasteiger charge is -2.02. The lowest BCUT2D eigenvalue weighted by atomic mass is 10.1. The second kappa shape index (κ2) is 41.4. The van der Waals surface area contributed by atoms with E-state index in [0.717, 1.165) is 208 Å². The fourth-order valence-electron chi connectivity index (χ4n) is 14.9. The minimum atomic E-state index is 0.0458. The smallest absolute Gasteiger partial charge is 0.195 e. The summed E-state index contributed by atoms with van der Waals surface area (Å²) in [5.41, 5.74) is 1.55. The molecule has 622 valence electrons. The van der Waals surface area contributed by atoms with Gasteiger partial charge in [-0.2, -0.15) is 0 Å². The average molecular weight is 2560 g/mol. The highest BCUT2D eigenvalue weighted by molar-refractivity contribution is 9.15. The quantitative estimate of drug-likeness (QED) is 0.139. The van der Waals surface area contributed by atoms with Crippen molar-refractivity contribution in [2.24, 2.45) is 0 Å². The molecule has 0 radical (unpaired) electrons. The average Bonchev–Trinajstić information content (AvgIpc) is 1.98. The van der Waals surface area contributed by atoms with Gasteiger partial charge < -0.3 is 0 Å². The normalized spacial score (nSPS) is 11.0. The summed E-state index contributed by atoms with van der Waals surface area (Å²) < 4.78 is 12.6. The first-order valence-electron chi connectivity index (χ1n) is 38.8. The van der Waals surface area contributed by atoms with Crippen LogP contribution in [-0.2, 0) is 0 Å². The number of hydrogen-bond acceptors (Lipinski definition) is 7. The van der Waals surface area contributed by atoms with E-state index in [4.69, 9.17) is 0 Å². The summed E-state index contributed by atoms with van der Waals surface area (Å²) in [6.07, 6.45) is 0. The van der Waals surface area contributed by atoms with Crippen LogP contribution in [0.1, 0.15) is 5.56 Å². The molecule has 0 aliphatic rings. The minimum absolute atomic E-state index is 0.0458. The van der Waals surface area contributed by atoms with Gasteiger partial charge in [0, 0.05) is 143 Å². The van der Waals surface area contributed by atoms with E-state index in [0.29, 0.717) is 10.8 Å². The Hall–Kier alpha value is -8.33. The predicted molar refractivity (Wildman–Crippen MR) is 587 cm³/mol. The van der Waals surface area contributed by atoms with Crippen molar-refractivity contribution < 1.29 is 0 Å². The van der Waals surface area contributed by atoms with Gasteiger partial charge in [-0.25, -0.2) is 0 Å². The number of aryl methyl sites for hydroxylation is 1. The standard InChI is InChI=1S/C16H11BrO.C15H7Br3O.5C15H8Br2O/c1-10-5-6-11-7-8-12-13(3-2-4-15(12)17)16(18)14(11)9-10;16-12-7-11-10(13(17)14(12)18)6-5-8-3-1-2-4-9(8)15(11)19;16-13-5-1-3-11-9(13)7-8-10-12(15(11)18)4-2-6-14(10)17;16-10-7-13-12(14(17)8-10)6-5-9-3-1-2-4-11(9)15(13)18;16-11-7-10-6-5-9-3-1-2-4-12(9)15(18)14(10)13(17)8-11;16-13-7-10-6-5-9-3-1-2-4-11(9)15(18)12(10)8-14(13)17;16-12-8-7-10-6-5-9-3-1-2-4-11(9)15(18)13(10)14(12)17/h2-9H,1H3;1-7H;5*1-8H. The Morgan fingerprint density at radius 1 is 0.150 bits per heavy atom. The molecule has 21 rings (SSSR count). The van der Waals surface area contributed by atoms with Gasteiger partial charge in [0.05, 0.1) is 0 Å². The maximum Gasteiger partial charge on any atom is 0.195 e. The molecule has 0 saturated heterocycles. The largest absolute Gasteiger partial charge is 0.289 e. The fourth-order valence-corrected chi connectivity index (χ4v) is 22.3. The van der Waals surface area contributed by atoms with Crippen LogP contribution in [-0.4, -0.2) is 0 Å². The molecule has 0 saturated carbocycles. The molecule has 0 heterocycles. The maximum atomic E-state index is 12.6. The van der Waals surface area contributed by atoms with E-state index in [1.54, 1.807) is 0 Å². The van der Waals surface area contributed by atoms with Crippen LogP contribution in [0.4, 0.5) is 0 Å². The van der Waals surface area contributed by atoms with Crippen molar-refractivity contribution in [1.82, 2.24) is 0 Å². The third-order valence-electron chi connectivity index (χ3n) is 21.2. The van der Waals surface area contributed by atoms with E-state index >= 15 is 0 Å². The van der Waals surface area contributed by atoms with Gasteiger partial charge in [0.25, 0.3) is 0 Å². The van der Waals surface area contributed by atoms with Gasteiger partial charge in [-0.3, -0.25) is 33.6 Å². The Kier molecular flexibility index (Phi) is 30.4. The van der Waals surface area contributed by atoms with E-state index in [1.165, 1.54) is 0 Å². The molecule has 0 fully saturated rings. The molecule has 127 heavy (non-hydrogen) atoms. The highest BCUT2D eigenvalue weighted by Crippen LogP contribution is 2.39. The molecular weight excluding hydrogens is 2500 g/mol. The Labute approximate surface area is 843 Å². The summed E-state index contributed by atoms with van der Waals surface area (Å²) in [6.45, 7) is 2.00. The van der Waals surface area contributed by atoms with Crippen molar-refractivity contribution in [3.05, 3.63) is 473 Å². The number of benzene rings is 14. The number of halogens is 14. The molecule has 21 aromatic rings. The van der Waals surface area contributed by atoms with Gasteiger partial charge in [0.1, 0.15) is 0 Å². The summed E-state index contributed by atoms with van der Waals surface area (Å²) in [7, 11) is 0. The van der Waals surface area contributed by atoms with Crippen molar-refractivity contribution in [1.29, 1.82) is 0 Å². The van der Waals surface area contributed by atoms with Crippen LogP contribution in [0, 0.1) is 6.92 Å². The zero-order valence-electron chi connectivity index (χ0n) is 65.9. The number of rotatable bonds is 0. The van der Waals surface area contributed by atoms with Crippen LogP contribution in [0.3, 0.4) is 0 Å². The van der Waals surface area contributed by atoms with Gasteiger partial charge in [-0.1, -0.05) is 362 Å². The van der Waals surface area contributed by atoms with E-state index in [-0.39, 0.29) is 38.0 Å². The number of hydrogen-bond donors (Lipinski definition) is 0. The topological polar surface area (TPSA) is 119 Å². The molecule has 7 nitrogen and oxygen atoms in total. The first kappa shape index (κ1) is 93.4. The highest BCUT2D eigenvalue weighted by atomic mass is 79.9. The summed E-state index contributed by atoms with van der Waals surface area (Å²) in [5, 5.41) is 23.5. The Morgan fingerprint density at radius 3 is 0.961 bits per heavy atom. The molecule has 0 bridgehead atoms. The van der Waals surface area contributed by atoms with E-state index in [2.05, 4.69) is 223 Å². The molecule has 0 N–H and O–H groups in total. The molecule has 0 atom stereocenters. The first-order chi connectivity index (χ1) is 61.1. The van der Waals surface area contributed by atoms with Crippen LogP contribution >= 0.6 is 223 Å². The molecule has 21 aromatic carbocycles. The zero-order chi connectivity index (χ0) is 89.8. The predicted octanol–water partition coefficient (Wildman–Crippen LogP) is 34.5. The second-order valence-electron chi connectivity index (χ2n) is 29.1. The van der Waals surface area contributed by atoms with E-state index in [1.807, 2.05) is 341 Å². The Balaban J connectivity index is 0.000000114. The lowest BCUT2D eigenvalue weighted by Crippen LogP contribution is -1.99. The van der Waals surface area contributed by atoms with Crippen LogP contribution in [0.2, 0.25) is 0 Å². The van der Waals surface area contributed by atoms with Gasteiger partial charge in [-0.05, 0) is 277 Å². The monoisotopic (exact) mass is 2550 g/mol. The lowest BCUT2D eigenvalue weighted by molar-refractivity contribution is 1.51. The molecule has 0 aliphatic heterocycles. The van der Waals surface area contributed by atoms with Crippen molar-refractivity contribution in [2.45, 2.75) is 6.92 Å². The van der Waals surface area contributed by atoms with Crippen molar-refractivity contribution in [2.75, 3.05) is 0 Å². The Bertz CT molecular complexity index is 8500. The molecule has 0 unspecified atom stereocenters.